The number of benzene rings is 3. The second-order valence-electron chi connectivity index (χ2n) is 7.26. The molecule has 1 saturated carbocycles. The highest BCUT2D eigenvalue weighted by Crippen LogP contribution is 2.48. The number of hydrogen-bond acceptors (Lipinski definition) is 3. The molecule has 0 N–H and O–H groups in total. The summed E-state index contributed by atoms with van der Waals surface area (Å²) in [5.74, 6) is -0.394. The van der Waals surface area contributed by atoms with Gasteiger partial charge in [0.15, 0.2) is 0 Å². The topological polar surface area (TPSA) is 35.5 Å². The monoisotopic (exact) mass is 384 g/mol. The molecule has 0 spiro atoms. The summed E-state index contributed by atoms with van der Waals surface area (Å²) in [6.45, 7) is 0. The molecule has 1 fully saturated rings. The normalized spacial score (nSPS) is 17.9. The SMILES string of the molecule is O=C(O/C=C\OC1CCCC1(c1ccccc1)c1ccccc1)c1ccccc1. The highest BCUT2D eigenvalue weighted by molar-refractivity contribution is 5.89. The molecular formula is C26H24O3. The van der Waals surface area contributed by atoms with E-state index in [1.165, 1.54) is 23.7 Å². The largest absolute Gasteiger partial charge is 0.494 e. The summed E-state index contributed by atoms with van der Waals surface area (Å²) >= 11 is 0. The smallest absolute Gasteiger partial charge is 0.343 e. The molecule has 3 heteroatoms. The van der Waals surface area contributed by atoms with Crippen LogP contribution >= 0.6 is 0 Å². The lowest BCUT2D eigenvalue weighted by Gasteiger charge is -2.36. The van der Waals surface area contributed by atoms with Crippen LogP contribution in [0.4, 0.5) is 0 Å². The van der Waals surface area contributed by atoms with Crippen LogP contribution in [0.3, 0.4) is 0 Å². The van der Waals surface area contributed by atoms with Crippen LogP contribution in [0, 0.1) is 0 Å². The Morgan fingerprint density at radius 3 is 1.93 bits per heavy atom. The Morgan fingerprint density at radius 1 is 0.793 bits per heavy atom. The zero-order valence-corrected chi connectivity index (χ0v) is 16.2. The molecule has 0 bridgehead atoms. The van der Waals surface area contributed by atoms with Crippen molar-refractivity contribution in [3.63, 3.8) is 0 Å². The fraction of sp³-hybridized carbons (Fsp3) is 0.192. The molecule has 1 aliphatic carbocycles. The molecule has 146 valence electrons. The van der Waals surface area contributed by atoms with Gasteiger partial charge in [0.25, 0.3) is 0 Å². The Morgan fingerprint density at radius 2 is 1.34 bits per heavy atom. The Kier molecular flexibility index (Phi) is 5.76. The van der Waals surface area contributed by atoms with Gasteiger partial charge >= 0.3 is 5.97 Å². The van der Waals surface area contributed by atoms with E-state index < -0.39 is 5.97 Å². The maximum Gasteiger partial charge on any atom is 0.343 e. The van der Waals surface area contributed by atoms with Gasteiger partial charge in [-0.2, -0.15) is 0 Å². The van der Waals surface area contributed by atoms with Crippen LogP contribution in [-0.2, 0) is 14.9 Å². The van der Waals surface area contributed by atoms with E-state index in [-0.39, 0.29) is 11.5 Å². The summed E-state index contributed by atoms with van der Waals surface area (Å²) in [6, 6.07) is 30.0. The maximum absolute atomic E-state index is 12.1. The van der Waals surface area contributed by atoms with Gasteiger partial charge in [0.2, 0.25) is 0 Å². The number of esters is 1. The average Bonchev–Trinajstić information content (AvgIpc) is 3.23. The third-order valence-electron chi connectivity index (χ3n) is 5.65. The molecule has 1 unspecified atom stereocenters. The first-order valence-electron chi connectivity index (χ1n) is 9.98. The van der Waals surface area contributed by atoms with Crippen molar-refractivity contribution in [2.75, 3.05) is 0 Å². The molecule has 3 aromatic carbocycles. The minimum atomic E-state index is -0.394. The first kappa shape index (κ1) is 19.0. The standard InChI is InChI=1S/C26H24O3/c27-25(21-11-4-1-5-12-21)29-20-19-28-24-17-10-18-26(24,22-13-6-2-7-14-22)23-15-8-3-9-16-23/h1-9,11-16,19-20,24H,10,17-18H2/b20-19-. The molecule has 0 aromatic heterocycles. The second kappa shape index (κ2) is 8.78. The van der Waals surface area contributed by atoms with E-state index in [1.807, 2.05) is 30.3 Å². The lowest BCUT2D eigenvalue weighted by atomic mass is 9.71. The van der Waals surface area contributed by atoms with Crippen molar-refractivity contribution < 1.29 is 14.3 Å². The summed E-state index contributed by atoms with van der Waals surface area (Å²) in [6.07, 6.45) is 5.86. The fourth-order valence-corrected chi connectivity index (χ4v) is 4.31. The quantitative estimate of drug-likeness (QED) is 0.394. The van der Waals surface area contributed by atoms with E-state index in [0.717, 1.165) is 19.3 Å². The van der Waals surface area contributed by atoms with Crippen LogP contribution in [0.5, 0.6) is 0 Å². The van der Waals surface area contributed by atoms with Crippen molar-refractivity contribution in [3.05, 3.63) is 120 Å². The molecule has 3 nitrogen and oxygen atoms in total. The predicted octanol–water partition coefficient (Wildman–Crippen LogP) is 5.87. The van der Waals surface area contributed by atoms with Gasteiger partial charge in [-0.25, -0.2) is 4.79 Å². The Hall–Kier alpha value is -3.33. The van der Waals surface area contributed by atoms with Crippen LogP contribution in [0.1, 0.15) is 40.7 Å². The third-order valence-corrected chi connectivity index (χ3v) is 5.65. The van der Waals surface area contributed by atoms with Gasteiger partial charge in [-0.3, -0.25) is 0 Å². The molecule has 3 aromatic rings. The summed E-state index contributed by atoms with van der Waals surface area (Å²) in [5.41, 5.74) is 2.81. The summed E-state index contributed by atoms with van der Waals surface area (Å²) < 4.78 is 11.4. The Bertz CT molecular complexity index is 910. The zero-order chi connectivity index (χ0) is 19.9. The molecule has 29 heavy (non-hydrogen) atoms. The number of carbonyl (C=O) groups excluding carboxylic acids is 1. The Labute approximate surface area is 171 Å². The van der Waals surface area contributed by atoms with Gasteiger partial charge in [-0.15, -0.1) is 0 Å². The van der Waals surface area contributed by atoms with Crippen molar-refractivity contribution in [1.82, 2.24) is 0 Å². The minimum Gasteiger partial charge on any atom is -0.494 e. The molecule has 0 aliphatic heterocycles. The fourth-order valence-electron chi connectivity index (χ4n) is 4.31. The van der Waals surface area contributed by atoms with Crippen molar-refractivity contribution in [2.45, 2.75) is 30.8 Å². The van der Waals surface area contributed by atoms with E-state index in [2.05, 4.69) is 48.5 Å². The molecule has 0 radical (unpaired) electrons. The van der Waals surface area contributed by atoms with Crippen molar-refractivity contribution >= 4 is 5.97 Å². The van der Waals surface area contributed by atoms with Gasteiger partial charge in [0, 0.05) is 0 Å². The maximum atomic E-state index is 12.1. The van der Waals surface area contributed by atoms with E-state index in [9.17, 15) is 4.79 Å². The molecule has 0 heterocycles. The van der Waals surface area contributed by atoms with Crippen molar-refractivity contribution in [1.29, 1.82) is 0 Å². The van der Waals surface area contributed by atoms with Gasteiger partial charge in [-0.05, 0) is 42.5 Å². The molecule has 1 aliphatic rings. The molecule has 1 atom stereocenters. The first-order valence-corrected chi connectivity index (χ1v) is 9.98. The van der Waals surface area contributed by atoms with E-state index in [1.54, 1.807) is 12.1 Å². The third kappa shape index (κ3) is 3.95. The highest BCUT2D eigenvalue weighted by atomic mass is 16.5. The van der Waals surface area contributed by atoms with Gasteiger partial charge in [0.1, 0.15) is 18.6 Å². The molecular weight excluding hydrogens is 360 g/mol. The van der Waals surface area contributed by atoms with Crippen LogP contribution in [0.25, 0.3) is 0 Å². The minimum absolute atomic E-state index is 0.0287. The number of carbonyl (C=O) groups is 1. The number of hydrogen-bond donors (Lipinski definition) is 0. The molecule has 4 rings (SSSR count). The lowest BCUT2D eigenvalue weighted by molar-refractivity contribution is 0.0619. The van der Waals surface area contributed by atoms with Crippen molar-refractivity contribution in [3.8, 4) is 0 Å². The van der Waals surface area contributed by atoms with Crippen LogP contribution in [0.15, 0.2) is 104 Å². The molecule has 0 saturated heterocycles. The number of ether oxygens (including phenoxy) is 2. The summed E-state index contributed by atoms with van der Waals surface area (Å²) in [4.78, 5) is 12.1. The van der Waals surface area contributed by atoms with E-state index >= 15 is 0 Å². The zero-order valence-electron chi connectivity index (χ0n) is 16.2. The lowest BCUT2D eigenvalue weighted by Crippen LogP contribution is -2.37. The average molecular weight is 384 g/mol. The first-order chi connectivity index (χ1) is 14.3. The second-order valence-corrected chi connectivity index (χ2v) is 7.26. The van der Waals surface area contributed by atoms with Gasteiger partial charge in [0.05, 0.1) is 11.0 Å². The van der Waals surface area contributed by atoms with Gasteiger partial charge < -0.3 is 9.47 Å². The summed E-state index contributed by atoms with van der Waals surface area (Å²) in [5, 5.41) is 0. The Balaban J connectivity index is 1.53. The van der Waals surface area contributed by atoms with Gasteiger partial charge in [-0.1, -0.05) is 78.9 Å². The predicted molar refractivity (Wildman–Crippen MR) is 113 cm³/mol. The molecule has 0 amide bonds. The summed E-state index contributed by atoms with van der Waals surface area (Å²) in [7, 11) is 0. The van der Waals surface area contributed by atoms with Crippen LogP contribution < -0.4 is 0 Å². The van der Waals surface area contributed by atoms with E-state index in [0.29, 0.717) is 5.56 Å². The van der Waals surface area contributed by atoms with Crippen LogP contribution in [0.2, 0.25) is 0 Å². The van der Waals surface area contributed by atoms with Crippen molar-refractivity contribution in [2.24, 2.45) is 0 Å². The highest BCUT2D eigenvalue weighted by Gasteiger charge is 2.46. The van der Waals surface area contributed by atoms with E-state index in [4.69, 9.17) is 9.47 Å². The van der Waals surface area contributed by atoms with Crippen LogP contribution in [-0.4, -0.2) is 12.1 Å². The number of rotatable bonds is 6.